The van der Waals surface area contributed by atoms with Gasteiger partial charge in [-0.15, -0.1) is 0 Å². The zero-order valence-corrected chi connectivity index (χ0v) is 19.1. The molecule has 2 aliphatic rings. The van der Waals surface area contributed by atoms with Crippen molar-refractivity contribution in [3.63, 3.8) is 0 Å². The van der Waals surface area contributed by atoms with Gasteiger partial charge in [0.1, 0.15) is 11.3 Å². The smallest absolute Gasteiger partial charge is 0.290 e. The van der Waals surface area contributed by atoms with Gasteiger partial charge in [0.25, 0.3) is 5.91 Å². The van der Waals surface area contributed by atoms with Gasteiger partial charge in [-0.1, -0.05) is 23.7 Å². The minimum absolute atomic E-state index is 0.0945. The number of rotatable bonds is 6. The van der Waals surface area contributed by atoms with E-state index in [2.05, 4.69) is 4.90 Å². The minimum Gasteiger partial charge on any atom is -0.497 e. The summed E-state index contributed by atoms with van der Waals surface area (Å²) in [6.45, 7) is 4.59. The summed E-state index contributed by atoms with van der Waals surface area (Å²) in [5, 5.41) is 0.973. The molecule has 1 atom stereocenters. The number of ether oxygens (including phenoxy) is 2. The SMILES string of the molecule is COc1ccc2c(=O)c3c(oc2c1)C(=O)N(CCCN1CCOCC1)[C@H]3c1cccc(Cl)c1. The molecule has 7 nitrogen and oxygen atoms in total. The van der Waals surface area contributed by atoms with Gasteiger partial charge in [-0.2, -0.15) is 0 Å². The molecular formula is C25H25ClN2O5. The predicted octanol–water partition coefficient (Wildman–Crippen LogP) is 3.72. The Morgan fingerprint density at radius 3 is 2.67 bits per heavy atom. The number of hydrogen-bond acceptors (Lipinski definition) is 6. The summed E-state index contributed by atoms with van der Waals surface area (Å²) in [5.74, 6) is 0.376. The fraction of sp³-hybridized carbons (Fsp3) is 0.360. The number of nitrogens with zero attached hydrogens (tertiary/aromatic N) is 2. The van der Waals surface area contributed by atoms with Gasteiger partial charge in [-0.25, -0.2) is 0 Å². The molecule has 0 saturated carbocycles. The van der Waals surface area contributed by atoms with Gasteiger partial charge in [0.15, 0.2) is 5.43 Å². The van der Waals surface area contributed by atoms with Crippen molar-refractivity contribution in [2.45, 2.75) is 12.5 Å². The molecule has 0 N–H and O–H groups in total. The topological polar surface area (TPSA) is 72.2 Å². The standard InChI is InChI=1S/C25H25ClN2O5/c1-31-18-6-7-19-20(15-18)33-24-21(23(19)29)22(16-4-2-5-17(26)14-16)28(25(24)30)9-3-8-27-10-12-32-13-11-27/h2,4-7,14-15,22H,3,8-13H2,1H3/t22-/m0/s1. The fourth-order valence-electron chi connectivity index (χ4n) is 4.67. The molecule has 172 valence electrons. The molecule has 5 rings (SSSR count). The van der Waals surface area contributed by atoms with E-state index in [0.717, 1.165) is 44.8 Å². The lowest BCUT2D eigenvalue weighted by Gasteiger charge is -2.29. The molecular weight excluding hydrogens is 444 g/mol. The highest BCUT2D eigenvalue weighted by Gasteiger charge is 2.42. The molecule has 1 amide bonds. The highest BCUT2D eigenvalue weighted by Crippen LogP contribution is 2.39. The Labute approximate surface area is 196 Å². The summed E-state index contributed by atoms with van der Waals surface area (Å²) in [6, 6.07) is 11.8. The third-order valence-corrected chi connectivity index (χ3v) is 6.55. The van der Waals surface area contributed by atoms with E-state index in [1.807, 2.05) is 12.1 Å². The first-order chi connectivity index (χ1) is 16.1. The normalized spacial score (nSPS) is 18.7. The Morgan fingerprint density at radius 1 is 1.09 bits per heavy atom. The number of amides is 1. The van der Waals surface area contributed by atoms with Crippen LogP contribution in [0.4, 0.5) is 0 Å². The Hall–Kier alpha value is -2.87. The van der Waals surface area contributed by atoms with Crippen molar-refractivity contribution < 1.29 is 18.7 Å². The van der Waals surface area contributed by atoms with Crippen molar-refractivity contribution in [1.29, 1.82) is 0 Å². The molecule has 1 saturated heterocycles. The zero-order valence-electron chi connectivity index (χ0n) is 18.4. The van der Waals surface area contributed by atoms with Crippen molar-refractivity contribution in [2.75, 3.05) is 46.5 Å². The maximum atomic E-state index is 13.6. The van der Waals surface area contributed by atoms with E-state index in [-0.39, 0.29) is 17.1 Å². The summed E-state index contributed by atoms with van der Waals surface area (Å²) < 4.78 is 16.7. The third kappa shape index (κ3) is 4.12. The molecule has 2 aliphatic heterocycles. The molecule has 33 heavy (non-hydrogen) atoms. The molecule has 0 aliphatic carbocycles. The number of halogens is 1. The number of hydrogen-bond donors (Lipinski definition) is 0. The molecule has 0 unspecified atom stereocenters. The Balaban J connectivity index is 1.54. The minimum atomic E-state index is -0.543. The second kappa shape index (κ2) is 9.17. The van der Waals surface area contributed by atoms with Crippen molar-refractivity contribution in [1.82, 2.24) is 9.80 Å². The molecule has 3 aromatic rings. The summed E-state index contributed by atoms with van der Waals surface area (Å²) in [7, 11) is 1.54. The summed E-state index contributed by atoms with van der Waals surface area (Å²) in [6.07, 6.45) is 0.776. The van der Waals surface area contributed by atoms with Gasteiger partial charge in [0.2, 0.25) is 5.76 Å². The van der Waals surface area contributed by atoms with E-state index in [1.165, 1.54) is 0 Å². The van der Waals surface area contributed by atoms with Crippen LogP contribution >= 0.6 is 11.6 Å². The predicted molar refractivity (Wildman–Crippen MR) is 125 cm³/mol. The Kier molecular flexibility index (Phi) is 6.10. The lowest BCUT2D eigenvalue weighted by Crippen LogP contribution is -2.38. The Morgan fingerprint density at radius 2 is 1.91 bits per heavy atom. The average molecular weight is 469 g/mol. The van der Waals surface area contributed by atoms with E-state index in [4.69, 9.17) is 25.5 Å². The van der Waals surface area contributed by atoms with Gasteiger partial charge in [-0.05, 0) is 36.2 Å². The van der Waals surface area contributed by atoms with Crippen LogP contribution in [0.5, 0.6) is 5.75 Å². The van der Waals surface area contributed by atoms with Crippen molar-refractivity contribution >= 4 is 28.5 Å². The van der Waals surface area contributed by atoms with Gasteiger partial charge < -0.3 is 18.8 Å². The number of benzene rings is 2. The van der Waals surface area contributed by atoms with E-state index >= 15 is 0 Å². The summed E-state index contributed by atoms with van der Waals surface area (Å²) in [5.41, 5.74) is 1.29. The van der Waals surface area contributed by atoms with Crippen LogP contribution in [0.3, 0.4) is 0 Å². The monoisotopic (exact) mass is 468 g/mol. The van der Waals surface area contributed by atoms with Crippen LogP contribution in [0.25, 0.3) is 11.0 Å². The van der Waals surface area contributed by atoms with Crippen LogP contribution in [0.1, 0.15) is 34.1 Å². The van der Waals surface area contributed by atoms with Crippen LogP contribution in [0.2, 0.25) is 5.02 Å². The number of carbonyl (C=O) groups is 1. The molecule has 0 radical (unpaired) electrons. The summed E-state index contributed by atoms with van der Waals surface area (Å²) >= 11 is 6.27. The van der Waals surface area contributed by atoms with E-state index in [1.54, 1.807) is 42.3 Å². The summed E-state index contributed by atoms with van der Waals surface area (Å²) in [4.78, 5) is 31.1. The number of carbonyl (C=O) groups excluding carboxylic acids is 1. The third-order valence-electron chi connectivity index (χ3n) is 6.32. The van der Waals surface area contributed by atoms with Crippen LogP contribution < -0.4 is 10.2 Å². The Bertz CT molecular complexity index is 1250. The van der Waals surface area contributed by atoms with Crippen molar-refractivity contribution in [3.8, 4) is 5.75 Å². The number of fused-ring (bicyclic) bond motifs is 2. The van der Waals surface area contributed by atoms with Gasteiger partial charge in [0, 0.05) is 37.3 Å². The fourth-order valence-corrected chi connectivity index (χ4v) is 4.87. The zero-order chi connectivity index (χ0) is 22.9. The van der Waals surface area contributed by atoms with Crippen molar-refractivity contribution in [2.24, 2.45) is 0 Å². The second-order valence-corrected chi connectivity index (χ2v) is 8.74. The molecule has 1 aromatic heterocycles. The van der Waals surface area contributed by atoms with Crippen LogP contribution in [0.15, 0.2) is 51.7 Å². The molecule has 8 heteroatoms. The molecule has 1 fully saturated rings. The molecule has 3 heterocycles. The maximum absolute atomic E-state index is 13.6. The van der Waals surface area contributed by atoms with Crippen molar-refractivity contribution in [3.05, 3.63) is 74.6 Å². The number of morpholine rings is 1. The van der Waals surface area contributed by atoms with Gasteiger partial charge in [-0.3, -0.25) is 14.5 Å². The average Bonchev–Trinajstić information content (AvgIpc) is 3.11. The molecule has 0 spiro atoms. The van der Waals surface area contributed by atoms with E-state index < -0.39 is 6.04 Å². The number of methoxy groups -OCH3 is 1. The lowest BCUT2D eigenvalue weighted by molar-refractivity contribution is 0.0353. The maximum Gasteiger partial charge on any atom is 0.290 e. The lowest BCUT2D eigenvalue weighted by atomic mass is 9.98. The first-order valence-electron chi connectivity index (χ1n) is 11.1. The highest BCUT2D eigenvalue weighted by atomic mass is 35.5. The van der Waals surface area contributed by atoms with Gasteiger partial charge in [0.05, 0.1) is 37.3 Å². The first kappa shape index (κ1) is 21.9. The van der Waals surface area contributed by atoms with Crippen LogP contribution in [-0.4, -0.2) is 62.2 Å². The quantitative estimate of drug-likeness (QED) is 0.549. The van der Waals surface area contributed by atoms with Crippen LogP contribution in [-0.2, 0) is 4.74 Å². The van der Waals surface area contributed by atoms with Crippen LogP contribution in [0, 0.1) is 0 Å². The van der Waals surface area contributed by atoms with E-state index in [0.29, 0.717) is 33.8 Å². The first-order valence-corrected chi connectivity index (χ1v) is 11.5. The second-order valence-electron chi connectivity index (χ2n) is 8.30. The molecule has 2 aromatic carbocycles. The largest absolute Gasteiger partial charge is 0.497 e. The van der Waals surface area contributed by atoms with Gasteiger partial charge >= 0.3 is 0 Å². The molecule has 0 bridgehead atoms. The highest BCUT2D eigenvalue weighted by molar-refractivity contribution is 6.30. The van der Waals surface area contributed by atoms with E-state index in [9.17, 15) is 9.59 Å².